The number of aryl methyl sites for hydroxylation is 3. The fourth-order valence-electron chi connectivity index (χ4n) is 4.50. The lowest BCUT2D eigenvalue weighted by Gasteiger charge is -2.31. The van der Waals surface area contributed by atoms with E-state index in [1.165, 1.54) is 22.2 Å². The van der Waals surface area contributed by atoms with Crippen LogP contribution in [0.3, 0.4) is 0 Å². The van der Waals surface area contributed by atoms with Crippen LogP contribution in [0.4, 0.5) is 0 Å². The molecule has 28 heavy (non-hydrogen) atoms. The molecule has 2 aromatic rings. The highest BCUT2D eigenvalue weighted by atomic mass is 32.2. The van der Waals surface area contributed by atoms with Crippen molar-refractivity contribution in [2.45, 2.75) is 62.8 Å². The topological polar surface area (TPSA) is 77.2 Å². The van der Waals surface area contributed by atoms with Gasteiger partial charge >= 0.3 is 5.69 Å². The van der Waals surface area contributed by atoms with Crippen LogP contribution in [0.5, 0.6) is 0 Å². The molecule has 2 heterocycles. The Balaban J connectivity index is 1.52. The summed E-state index contributed by atoms with van der Waals surface area (Å²) in [7, 11) is -1.82. The lowest BCUT2D eigenvalue weighted by molar-refractivity contribution is 0.308. The Morgan fingerprint density at radius 3 is 2.46 bits per heavy atom. The summed E-state index contributed by atoms with van der Waals surface area (Å²) in [4.78, 5) is 12.6. The Kier molecular flexibility index (Phi) is 5.18. The van der Waals surface area contributed by atoms with Crippen molar-refractivity contribution in [3.8, 4) is 0 Å². The second-order valence-corrected chi connectivity index (χ2v) is 9.76. The fraction of sp³-hybridized carbons (Fsp3) is 0.600. The molecule has 0 unspecified atom stereocenters. The van der Waals surface area contributed by atoms with E-state index < -0.39 is 10.0 Å². The van der Waals surface area contributed by atoms with Crippen molar-refractivity contribution in [1.29, 1.82) is 0 Å². The Morgan fingerprint density at radius 2 is 1.79 bits per heavy atom. The van der Waals surface area contributed by atoms with Crippen molar-refractivity contribution < 1.29 is 8.42 Å². The fourth-order valence-corrected chi connectivity index (χ4v) is 6.02. The molecule has 152 valence electrons. The summed E-state index contributed by atoms with van der Waals surface area (Å²) < 4.78 is 30.9. The number of fused-ring (bicyclic) bond motifs is 1. The summed E-state index contributed by atoms with van der Waals surface area (Å²) in [5.41, 5.74) is 2.36. The zero-order valence-electron chi connectivity index (χ0n) is 16.6. The van der Waals surface area contributed by atoms with Crippen molar-refractivity contribution in [2.24, 2.45) is 7.05 Å². The first-order valence-electron chi connectivity index (χ1n) is 10.2. The molecule has 2 aliphatic rings. The highest BCUT2D eigenvalue weighted by molar-refractivity contribution is 7.89. The third-order valence-electron chi connectivity index (χ3n) is 6.13. The smallest absolute Gasteiger partial charge is 0.279 e. The van der Waals surface area contributed by atoms with E-state index in [0.29, 0.717) is 37.4 Å². The van der Waals surface area contributed by atoms with E-state index in [2.05, 4.69) is 5.10 Å². The molecular weight excluding hydrogens is 376 g/mol. The van der Waals surface area contributed by atoms with Crippen LogP contribution < -0.4 is 5.69 Å². The molecular formula is C20H28N4O3S. The first-order chi connectivity index (χ1) is 13.4. The number of aromatic nitrogens is 3. The minimum absolute atomic E-state index is 0.110. The molecule has 0 atom stereocenters. The molecule has 0 bridgehead atoms. The minimum atomic E-state index is -3.48. The maximum atomic E-state index is 13.1. The predicted molar refractivity (Wildman–Crippen MR) is 107 cm³/mol. The zero-order valence-corrected chi connectivity index (χ0v) is 17.4. The standard InChI is InChI=1S/C20H28N4O3S/c1-3-24-19(21-22(2)20(24)25)16-10-12-23(13-11-16)28(26,27)18-9-8-15-6-4-5-7-17(15)14-18/h8-9,14,16H,3-7,10-13H2,1-2H3. The van der Waals surface area contributed by atoms with Crippen LogP contribution in [0, 0.1) is 0 Å². The largest absolute Gasteiger partial charge is 0.345 e. The van der Waals surface area contributed by atoms with E-state index in [0.717, 1.165) is 25.1 Å². The SMILES string of the molecule is CCn1c(C2CCN(S(=O)(=O)c3ccc4c(c3)CCCC4)CC2)nn(C)c1=O. The Bertz CT molecular complexity index is 1030. The second-order valence-electron chi connectivity index (χ2n) is 7.82. The first kappa shape index (κ1) is 19.4. The van der Waals surface area contributed by atoms with Crippen LogP contribution in [-0.2, 0) is 36.5 Å². The maximum absolute atomic E-state index is 13.1. The molecule has 0 amide bonds. The highest BCUT2D eigenvalue weighted by Gasteiger charge is 2.32. The summed E-state index contributed by atoms with van der Waals surface area (Å²) in [5.74, 6) is 0.893. The number of benzene rings is 1. The predicted octanol–water partition coefficient (Wildman–Crippen LogP) is 2.05. The average molecular weight is 405 g/mol. The van der Waals surface area contributed by atoms with Gasteiger partial charge in [-0.1, -0.05) is 6.07 Å². The molecule has 0 saturated carbocycles. The van der Waals surface area contributed by atoms with Crippen molar-refractivity contribution in [2.75, 3.05) is 13.1 Å². The molecule has 1 aliphatic heterocycles. The third kappa shape index (κ3) is 3.33. The van der Waals surface area contributed by atoms with E-state index in [1.807, 2.05) is 19.1 Å². The summed E-state index contributed by atoms with van der Waals surface area (Å²) in [6.07, 6.45) is 5.69. The normalized spacial score (nSPS) is 18.9. The number of piperidine rings is 1. The quantitative estimate of drug-likeness (QED) is 0.781. The van der Waals surface area contributed by atoms with Crippen molar-refractivity contribution in [3.63, 3.8) is 0 Å². The van der Waals surface area contributed by atoms with Gasteiger partial charge in [0.15, 0.2) is 0 Å². The molecule has 1 aromatic carbocycles. The molecule has 8 heteroatoms. The summed E-state index contributed by atoms with van der Waals surface area (Å²) in [5, 5.41) is 4.40. The molecule has 1 saturated heterocycles. The molecule has 0 spiro atoms. The Morgan fingerprint density at radius 1 is 1.11 bits per heavy atom. The van der Waals surface area contributed by atoms with Gasteiger partial charge in [-0.15, -0.1) is 0 Å². The van der Waals surface area contributed by atoms with Gasteiger partial charge in [0.05, 0.1) is 4.90 Å². The van der Waals surface area contributed by atoms with E-state index in [9.17, 15) is 13.2 Å². The third-order valence-corrected chi connectivity index (χ3v) is 8.02. The first-order valence-corrected chi connectivity index (χ1v) is 11.6. The molecule has 1 aromatic heterocycles. The van der Waals surface area contributed by atoms with Gasteiger partial charge in [0.1, 0.15) is 5.82 Å². The van der Waals surface area contributed by atoms with Gasteiger partial charge in [-0.3, -0.25) is 4.57 Å². The van der Waals surface area contributed by atoms with Crippen molar-refractivity contribution >= 4 is 10.0 Å². The van der Waals surface area contributed by atoms with Crippen LogP contribution in [0.15, 0.2) is 27.9 Å². The Hall–Kier alpha value is -1.93. The zero-order chi connectivity index (χ0) is 19.9. The van der Waals surface area contributed by atoms with E-state index in [1.54, 1.807) is 22.0 Å². The Labute approximate surface area is 166 Å². The number of nitrogens with zero attached hydrogens (tertiary/aromatic N) is 4. The van der Waals surface area contributed by atoms with E-state index in [-0.39, 0.29) is 11.6 Å². The van der Waals surface area contributed by atoms with Gasteiger partial charge in [-0.05, 0) is 68.7 Å². The number of rotatable bonds is 4. The van der Waals surface area contributed by atoms with Crippen LogP contribution >= 0.6 is 0 Å². The van der Waals surface area contributed by atoms with Gasteiger partial charge < -0.3 is 0 Å². The van der Waals surface area contributed by atoms with Crippen LogP contribution in [-0.4, -0.2) is 40.2 Å². The molecule has 0 N–H and O–H groups in total. The number of sulfonamides is 1. The summed E-state index contributed by atoms with van der Waals surface area (Å²) >= 11 is 0. The van der Waals surface area contributed by atoms with E-state index in [4.69, 9.17) is 0 Å². The molecule has 1 fully saturated rings. The monoisotopic (exact) mass is 404 g/mol. The highest BCUT2D eigenvalue weighted by Crippen LogP contribution is 2.31. The molecule has 7 nitrogen and oxygen atoms in total. The number of hydrogen-bond acceptors (Lipinski definition) is 4. The van der Waals surface area contributed by atoms with Gasteiger partial charge in [-0.25, -0.2) is 17.9 Å². The van der Waals surface area contributed by atoms with Gasteiger partial charge in [-0.2, -0.15) is 9.40 Å². The van der Waals surface area contributed by atoms with Gasteiger partial charge in [0.25, 0.3) is 0 Å². The minimum Gasteiger partial charge on any atom is -0.279 e. The van der Waals surface area contributed by atoms with Crippen molar-refractivity contribution in [1.82, 2.24) is 18.7 Å². The lowest BCUT2D eigenvalue weighted by Crippen LogP contribution is -2.38. The lowest BCUT2D eigenvalue weighted by atomic mass is 9.92. The van der Waals surface area contributed by atoms with Crippen molar-refractivity contribution in [3.05, 3.63) is 45.6 Å². The van der Waals surface area contributed by atoms with Gasteiger partial charge in [0.2, 0.25) is 10.0 Å². The number of hydrogen-bond donors (Lipinski definition) is 0. The van der Waals surface area contributed by atoms with Crippen LogP contribution in [0.1, 0.15) is 55.5 Å². The van der Waals surface area contributed by atoms with E-state index >= 15 is 0 Å². The summed E-state index contributed by atoms with van der Waals surface area (Å²) in [6.45, 7) is 3.43. The second kappa shape index (κ2) is 7.48. The van der Waals surface area contributed by atoms with Crippen LogP contribution in [0.2, 0.25) is 0 Å². The van der Waals surface area contributed by atoms with Gasteiger partial charge in [0, 0.05) is 32.6 Å². The molecule has 4 rings (SSSR count). The van der Waals surface area contributed by atoms with Crippen LogP contribution in [0.25, 0.3) is 0 Å². The molecule has 1 aliphatic carbocycles. The maximum Gasteiger partial charge on any atom is 0.345 e. The summed E-state index contributed by atoms with van der Waals surface area (Å²) in [6, 6.07) is 5.63. The average Bonchev–Trinajstić information content (AvgIpc) is 3.01. The molecule has 0 radical (unpaired) electrons.